The summed E-state index contributed by atoms with van der Waals surface area (Å²) in [5, 5.41) is 17.3. The van der Waals surface area contributed by atoms with Gasteiger partial charge in [-0.1, -0.05) is 24.6 Å². The maximum atomic E-state index is 14.3. The smallest absolute Gasteiger partial charge is 0.416 e. The number of halogens is 4. The van der Waals surface area contributed by atoms with E-state index in [1.54, 1.807) is 11.5 Å². The number of carbonyl (C=O) groups is 2. The van der Waals surface area contributed by atoms with Gasteiger partial charge in [0.2, 0.25) is 11.7 Å². The molecule has 4 aromatic rings. The third-order valence-corrected chi connectivity index (χ3v) is 9.57. The summed E-state index contributed by atoms with van der Waals surface area (Å²) < 4.78 is 48.0. The summed E-state index contributed by atoms with van der Waals surface area (Å²) in [5.74, 6) is -1.19. The van der Waals surface area contributed by atoms with Crippen LogP contribution >= 0.6 is 11.6 Å². The van der Waals surface area contributed by atoms with E-state index in [2.05, 4.69) is 20.4 Å². The summed E-state index contributed by atoms with van der Waals surface area (Å²) in [6.07, 6.45) is -0.795. The average Bonchev–Trinajstić information content (AvgIpc) is 3.69. The van der Waals surface area contributed by atoms with Gasteiger partial charge >= 0.3 is 6.18 Å². The Kier molecular flexibility index (Phi) is 8.50. The summed E-state index contributed by atoms with van der Waals surface area (Å²) in [5.41, 5.74) is 0.408. The highest BCUT2D eigenvalue weighted by Gasteiger charge is 2.41. The highest BCUT2D eigenvalue weighted by atomic mass is 35.5. The SMILES string of the molecule is Cc1ncnc(C(=O)N2CCN(c3c4n(c5nc(C6=CCOCC6)nn5c3=O)[C@H](C(=O)Nc3ccc(C(F)(F)F)cc3Cl)C[C@@H]4C)CC2)c1O. The molecule has 0 radical (unpaired) electrons. The van der Waals surface area contributed by atoms with Gasteiger partial charge in [-0.25, -0.2) is 9.97 Å². The van der Waals surface area contributed by atoms with Gasteiger partial charge in [0.25, 0.3) is 11.5 Å². The highest BCUT2D eigenvalue weighted by molar-refractivity contribution is 6.33. The largest absolute Gasteiger partial charge is 0.504 e. The molecule has 0 saturated carbocycles. The summed E-state index contributed by atoms with van der Waals surface area (Å²) in [6.45, 7) is 5.16. The van der Waals surface area contributed by atoms with Crippen molar-refractivity contribution in [1.29, 1.82) is 0 Å². The zero-order valence-corrected chi connectivity index (χ0v) is 27.6. The highest BCUT2D eigenvalue weighted by Crippen LogP contribution is 2.42. The van der Waals surface area contributed by atoms with Crippen molar-refractivity contribution in [3.05, 3.63) is 74.4 Å². The van der Waals surface area contributed by atoms with E-state index in [4.69, 9.17) is 21.3 Å². The number of alkyl halides is 3. The molecule has 7 rings (SSSR count). The van der Waals surface area contributed by atoms with Crippen LogP contribution in [0.5, 0.6) is 5.75 Å². The molecule has 14 nitrogen and oxygen atoms in total. The second kappa shape index (κ2) is 12.7. The molecule has 3 aliphatic rings. The van der Waals surface area contributed by atoms with Crippen LogP contribution < -0.4 is 15.8 Å². The van der Waals surface area contributed by atoms with E-state index in [0.29, 0.717) is 36.8 Å². The van der Waals surface area contributed by atoms with Crippen LogP contribution in [0.25, 0.3) is 11.4 Å². The number of nitrogens with one attached hydrogen (secondary N) is 1. The molecule has 1 fully saturated rings. The molecule has 1 aromatic carbocycles. The summed E-state index contributed by atoms with van der Waals surface area (Å²) in [7, 11) is 0. The molecular weight excluding hydrogens is 683 g/mol. The third-order valence-electron chi connectivity index (χ3n) is 9.26. The number of aromatic hydroxyl groups is 1. The number of hydrogen-bond donors (Lipinski definition) is 2. The van der Waals surface area contributed by atoms with Crippen LogP contribution in [0.3, 0.4) is 0 Å². The number of anilines is 2. The molecule has 2 amide bonds. The first-order valence-corrected chi connectivity index (χ1v) is 16.3. The van der Waals surface area contributed by atoms with Gasteiger partial charge in [0.05, 0.1) is 40.9 Å². The number of nitrogens with zero attached hydrogens (tertiary/aromatic N) is 8. The van der Waals surface area contributed by atoms with Gasteiger partial charge < -0.3 is 25.0 Å². The standard InChI is InChI=1S/C32H31ClF3N9O5/c1-16-13-22(28(47)39-21-4-3-19(14-20(21)33)32(34,35)36)44-24(16)25(30(49)45-31(44)40-27(41-45)18-5-11-50-12-6-18)42-7-9-43(10-8-42)29(48)23-26(46)17(2)37-15-38-23/h3-5,14-16,22,46H,6-13H2,1-2H3,(H,39,47)/t16-,22-/m0/s1. The van der Waals surface area contributed by atoms with Crippen LogP contribution in [-0.2, 0) is 15.7 Å². The van der Waals surface area contributed by atoms with E-state index < -0.39 is 35.2 Å². The van der Waals surface area contributed by atoms with E-state index in [1.807, 2.05) is 17.9 Å². The van der Waals surface area contributed by atoms with Crippen LogP contribution in [-0.4, -0.2) is 90.3 Å². The number of piperazine rings is 1. The molecule has 2 atom stereocenters. The topological polar surface area (TPSA) is 160 Å². The summed E-state index contributed by atoms with van der Waals surface area (Å²) in [4.78, 5) is 57.4. The van der Waals surface area contributed by atoms with Gasteiger partial charge in [0.1, 0.15) is 18.1 Å². The number of rotatable bonds is 5. The molecule has 3 aliphatic heterocycles. The van der Waals surface area contributed by atoms with E-state index >= 15 is 0 Å². The Balaban J connectivity index is 1.26. The summed E-state index contributed by atoms with van der Waals surface area (Å²) >= 11 is 6.18. The first-order chi connectivity index (χ1) is 23.8. The number of aryl methyl sites for hydroxylation is 1. The molecule has 262 valence electrons. The minimum atomic E-state index is -4.61. The molecule has 50 heavy (non-hydrogen) atoms. The van der Waals surface area contributed by atoms with E-state index in [-0.39, 0.29) is 72.1 Å². The minimum absolute atomic E-state index is 0.00304. The predicted molar refractivity (Wildman–Crippen MR) is 174 cm³/mol. The Labute approximate surface area is 287 Å². The quantitative estimate of drug-likeness (QED) is 0.311. The van der Waals surface area contributed by atoms with Crippen molar-refractivity contribution in [2.45, 2.75) is 44.8 Å². The number of benzene rings is 1. The Morgan fingerprint density at radius 2 is 1.90 bits per heavy atom. The molecule has 18 heteroatoms. The molecular formula is C32H31ClF3N9O5. The second-order valence-electron chi connectivity index (χ2n) is 12.4. The minimum Gasteiger partial charge on any atom is -0.504 e. The third kappa shape index (κ3) is 5.83. The van der Waals surface area contributed by atoms with Crippen molar-refractivity contribution < 1.29 is 32.6 Å². The number of carbonyl (C=O) groups excluding carboxylic acids is 2. The van der Waals surface area contributed by atoms with Gasteiger partial charge in [-0.05, 0) is 43.5 Å². The average molecular weight is 714 g/mol. The Bertz CT molecular complexity index is 2120. The lowest BCUT2D eigenvalue weighted by Crippen LogP contribution is -2.51. The van der Waals surface area contributed by atoms with Crippen molar-refractivity contribution >= 4 is 46.1 Å². The van der Waals surface area contributed by atoms with Crippen LogP contribution in [0.2, 0.25) is 5.02 Å². The van der Waals surface area contributed by atoms with Crippen LogP contribution in [0, 0.1) is 6.92 Å². The lowest BCUT2D eigenvalue weighted by Gasteiger charge is -2.36. The number of amides is 2. The maximum absolute atomic E-state index is 14.3. The monoisotopic (exact) mass is 713 g/mol. The molecule has 0 unspecified atom stereocenters. The first-order valence-electron chi connectivity index (χ1n) is 15.9. The normalized spacial score (nSPS) is 19.4. The van der Waals surface area contributed by atoms with Crippen molar-refractivity contribution in [3.63, 3.8) is 0 Å². The number of fused-ring (bicyclic) bond motifs is 3. The van der Waals surface area contributed by atoms with Gasteiger partial charge in [0.15, 0.2) is 17.3 Å². The lowest BCUT2D eigenvalue weighted by molar-refractivity contribution is -0.137. The fourth-order valence-corrected chi connectivity index (χ4v) is 6.89. The second-order valence-corrected chi connectivity index (χ2v) is 12.8. The predicted octanol–water partition coefficient (Wildman–Crippen LogP) is 3.82. The first kappa shape index (κ1) is 33.5. The van der Waals surface area contributed by atoms with Gasteiger partial charge in [0, 0.05) is 32.1 Å². The molecule has 6 heterocycles. The Morgan fingerprint density at radius 3 is 2.58 bits per heavy atom. The van der Waals surface area contributed by atoms with E-state index in [1.165, 1.54) is 15.7 Å². The van der Waals surface area contributed by atoms with E-state index in [0.717, 1.165) is 23.8 Å². The fourth-order valence-electron chi connectivity index (χ4n) is 6.66. The van der Waals surface area contributed by atoms with Gasteiger partial charge in [-0.2, -0.15) is 22.7 Å². The number of hydrogen-bond acceptors (Lipinski definition) is 10. The molecule has 2 N–H and O–H groups in total. The van der Waals surface area contributed by atoms with Crippen molar-refractivity contribution in [2.75, 3.05) is 49.6 Å². The number of aromatic nitrogens is 6. The Hall–Kier alpha value is -5.03. The lowest BCUT2D eigenvalue weighted by atomic mass is 10.0. The van der Waals surface area contributed by atoms with Gasteiger partial charge in [-0.15, -0.1) is 5.10 Å². The molecule has 0 aliphatic carbocycles. The number of ether oxygens (including phenoxy) is 1. The molecule has 0 spiro atoms. The fraction of sp³-hybridized carbons (Fsp3) is 0.406. The Morgan fingerprint density at radius 1 is 1.14 bits per heavy atom. The zero-order valence-electron chi connectivity index (χ0n) is 26.9. The molecule has 1 saturated heterocycles. The zero-order chi connectivity index (χ0) is 35.5. The van der Waals surface area contributed by atoms with Crippen molar-refractivity contribution in [3.8, 4) is 5.75 Å². The van der Waals surface area contributed by atoms with E-state index in [9.17, 15) is 32.7 Å². The maximum Gasteiger partial charge on any atom is 0.416 e. The van der Waals surface area contributed by atoms with Crippen LogP contribution in [0.1, 0.15) is 65.0 Å². The molecule has 3 aromatic heterocycles. The molecule has 0 bridgehead atoms. The van der Waals surface area contributed by atoms with Gasteiger partial charge in [-0.3, -0.25) is 19.0 Å². The van der Waals surface area contributed by atoms with Crippen LogP contribution in [0.15, 0.2) is 35.4 Å². The van der Waals surface area contributed by atoms with Crippen molar-refractivity contribution in [2.24, 2.45) is 0 Å². The van der Waals surface area contributed by atoms with Crippen LogP contribution in [0.4, 0.5) is 24.5 Å². The summed E-state index contributed by atoms with van der Waals surface area (Å²) in [6, 6.07) is 1.77. The van der Waals surface area contributed by atoms with Crippen molar-refractivity contribution in [1.82, 2.24) is 34.0 Å².